The fraction of sp³-hybridized carbons (Fsp3) is 0.667. The quantitative estimate of drug-likeness (QED) is 0.636. The highest BCUT2D eigenvalue weighted by Gasteiger charge is 2.30. The lowest BCUT2D eigenvalue weighted by Crippen LogP contribution is -2.55. The van der Waals surface area contributed by atoms with E-state index in [4.69, 9.17) is 0 Å². The molecule has 0 radical (unpaired) electrons. The molecule has 1 aliphatic heterocycles. The number of piperidine rings is 1. The van der Waals surface area contributed by atoms with E-state index in [0.717, 1.165) is 0 Å². The van der Waals surface area contributed by atoms with Crippen LogP contribution in [-0.4, -0.2) is 88.2 Å². The zero-order valence-corrected chi connectivity index (χ0v) is 16.7. The van der Waals surface area contributed by atoms with Crippen LogP contribution in [0, 0.1) is 13.8 Å². The van der Waals surface area contributed by atoms with Gasteiger partial charge < -0.3 is 15.3 Å². The summed E-state index contributed by atoms with van der Waals surface area (Å²) < 4.78 is 1.51. The summed E-state index contributed by atoms with van der Waals surface area (Å²) in [7, 11) is 3.39. The molecule has 1 aromatic heterocycles. The summed E-state index contributed by atoms with van der Waals surface area (Å²) in [6, 6.07) is -0.368. The van der Waals surface area contributed by atoms with Crippen molar-refractivity contribution in [2.75, 3.05) is 33.7 Å². The lowest BCUT2D eigenvalue weighted by molar-refractivity contribution is -0.131. The van der Waals surface area contributed by atoms with Crippen molar-refractivity contribution in [2.24, 2.45) is 0 Å². The summed E-state index contributed by atoms with van der Waals surface area (Å²) in [4.78, 5) is 39.2. The van der Waals surface area contributed by atoms with Gasteiger partial charge in [0, 0.05) is 32.9 Å². The van der Waals surface area contributed by atoms with Gasteiger partial charge in [0.05, 0.1) is 29.9 Å². The summed E-state index contributed by atoms with van der Waals surface area (Å²) in [5, 5.41) is 17.4. The Kier molecular flexibility index (Phi) is 6.72. The number of likely N-dealkylation sites (tertiary alicyclic amines) is 1. The van der Waals surface area contributed by atoms with E-state index in [-0.39, 0.29) is 36.7 Å². The summed E-state index contributed by atoms with van der Waals surface area (Å²) >= 11 is 0. The summed E-state index contributed by atoms with van der Waals surface area (Å²) in [6.07, 6.45) is -0.186. The Morgan fingerprint density at radius 3 is 2.44 bits per heavy atom. The predicted octanol–water partition coefficient (Wildman–Crippen LogP) is -0.658. The molecule has 1 saturated heterocycles. The average Bonchev–Trinajstić information content (AvgIpc) is 2.83. The number of β-amino-alcohol motifs (C(OH)–C–C–N with tert-alkyl or cyclic N) is 1. The van der Waals surface area contributed by atoms with Crippen LogP contribution in [0.25, 0.3) is 0 Å². The molecule has 2 heterocycles. The first-order chi connectivity index (χ1) is 12.6. The number of ketones is 1. The molecule has 2 N–H and O–H groups in total. The van der Waals surface area contributed by atoms with Crippen LogP contribution >= 0.6 is 0 Å². The van der Waals surface area contributed by atoms with Crippen LogP contribution in [0.15, 0.2) is 0 Å². The van der Waals surface area contributed by atoms with Crippen molar-refractivity contribution in [3.63, 3.8) is 0 Å². The molecule has 0 aliphatic carbocycles. The number of aliphatic hydroxyl groups is 1. The fourth-order valence-corrected chi connectivity index (χ4v) is 3.39. The van der Waals surface area contributed by atoms with Crippen LogP contribution in [0.3, 0.4) is 0 Å². The highest BCUT2D eigenvalue weighted by Crippen LogP contribution is 2.14. The highest BCUT2D eigenvalue weighted by atomic mass is 16.3. The first-order valence-electron chi connectivity index (χ1n) is 9.05. The van der Waals surface area contributed by atoms with Crippen molar-refractivity contribution < 1.29 is 19.5 Å². The minimum Gasteiger partial charge on any atom is -0.390 e. The monoisotopic (exact) mass is 379 g/mol. The molecule has 0 unspecified atom stereocenters. The highest BCUT2D eigenvalue weighted by molar-refractivity contribution is 5.96. The Bertz CT molecular complexity index is 728. The van der Waals surface area contributed by atoms with E-state index < -0.39 is 6.10 Å². The second-order valence-electron chi connectivity index (χ2n) is 7.31. The molecule has 0 saturated carbocycles. The van der Waals surface area contributed by atoms with Crippen molar-refractivity contribution >= 4 is 17.6 Å². The zero-order chi connectivity index (χ0) is 20.3. The number of carbonyl (C=O) groups is 3. The molecule has 1 aromatic rings. The molecular weight excluding hydrogens is 350 g/mol. The third-order valence-corrected chi connectivity index (χ3v) is 4.90. The minimum atomic E-state index is -0.745. The first kappa shape index (κ1) is 21.0. The van der Waals surface area contributed by atoms with Gasteiger partial charge in [-0.05, 0) is 27.2 Å². The van der Waals surface area contributed by atoms with E-state index in [1.54, 1.807) is 27.9 Å². The minimum absolute atomic E-state index is 0.00793. The Morgan fingerprint density at radius 2 is 1.93 bits per heavy atom. The summed E-state index contributed by atoms with van der Waals surface area (Å²) in [6.45, 7) is 6.18. The van der Waals surface area contributed by atoms with Gasteiger partial charge in [-0.1, -0.05) is 0 Å². The van der Waals surface area contributed by atoms with E-state index >= 15 is 0 Å². The molecule has 0 bridgehead atoms. The number of hydrogen-bond acceptors (Lipinski definition) is 6. The van der Waals surface area contributed by atoms with E-state index in [2.05, 4.69) is 10.4 Å². The number of aryl methyl sites for hydroxylation is 1. The van der Waals surface area contributed by atoms with Crippen molar-refractivity contribution in [1.29, 1.82) is 0 Å². The normalized spacial score (nSPS) is 20.4. The largest absolute Gasteiger partial charge is 0.390 e. The number of aliphatic hydroxyl groups excluding tert-OH is 1. The molecular formula is C18H29N5O4. The summed E-state index contributed by atoms with van der Waals surface area (Å²) in [5.41, 5.74) is 1.81. The van der Waals surface area contributed by atoms with Crippen LogP contribution in [-0.2, 0) is 16.1 Å². The first-order valence-corrected chi connectivity index (χ1v) is 9.05. The van der Waals surface area contributed by atoms with Gasteiger partial charge in [-0.15, -0.1) is 0 Å². The van der Waals surface area contributed by atoms with Crippen molar-refractivity contribution in [3.8, 4) is 0 Å². The van der Waals surface area contributed by atoms with E-state index in [1.807, 2.05) is 4.90 Å². The lowest BCUT2D eigenvalue weighted by atomic mass is 10.0. The Morgan fingerprint density at radius 1 is 1.26 bits per heavy atom. The number of carbonyl (C=O) groups excluding carboxylic acids is 3. The van der Waals surface area contributed by atoms with Gasteiger partial charge in [0.25, 0.3) is 0 Å². The number of nitrogens with zero attached hydrogens (tertiary/aromatic N) is 4. The fourth-order valence-electron chi connectivity index (χ4n) is 3.39. The van der Waals surface area contributed by atoms with Gasteiger partial charge in [0.15, 0.2) is 5.78 Å². The number of aromatic nitrogens is 2. The second-order valence-corrected chi connectivity index (χ2v) is 7.31. The van der Waals surface area contributed by atoms with Crippen LogP contribution in [0.5, 0.6) is 0 Å². The van der Waals surface area contributed by atoms with Crippen molar-refractivity contribution in [2.45, 2.75) is 45.9 Å². The molecule has 1 fully saturated rings. The van der Waals surface area contributed by atoms with Crippen LogP contribution in [0.2, 0.25) is 0 Å². The molecule has 2 atom stereocenters. The maximum absolute atomic E-state index is 12.4. The SMILES string of the molecule is CC(=O)c1c(C)nn(CC(=O)N[C@@H]2CCN(CC(=O)N(C)C)C[C@H]2O)c1C. The van der Waals surface area contributed by atoms with Gasteiger partial charge in [-0.3, -0.25) is 24.0 Å². The van der Waals surface area contributed by atoms with Crippen LogP contribution < -0.4 is 5.32 Å². The van der Waals surface area contributed by atoms with E-state index in [1.165, 1.54) is 16.5 Å². The Balaban J connectivity index is 1.91. The molecule has 0 aromatic carbocycles. The van der Waals surface area contributed by atoms with Crippen LogP contribution in [0.4, 0.5) is 0 Å². The smallest absolute Gasteiger partial charge is 0.242 e. The van der Waals surface area contributed by atoms with Gasteiger partial charge in [-0.25, -0.2) is 0 Å². The number of rotatable bonds is 6. The molecule has 2 amide bonds. The standard InChI is InChI=1S/C18H29N5O4/c1-11-18(13(3)24)12(2)23(20-11)9-16(26)19-14-6-7-22(8-15(14)25)10-17(27)21(4)5/h14-15,25H,6-10H2,1-5H3,(H,19,26)/t14-,15-/m1/s1. The zero-order valence-electron chi connectivity index (χ0n) is 16.7. The topological polar surface area (TPSA) is 108 Å². The van der Waals surface area contributed by atoms with Crippen molar-refractivity contribution in [1.82, 2.24) is 24.9 Å². The number of Topliss-reactive ketones (excluding diaryl/α,β-unsaturated/α-hetero) is 1. The number of hydrogen-bond donors (Lipinski definition) is 2. The molecule has 1 aliphatic rings. The van der Waals surface area contributed by atoms with Gasteiger partial charge in [-0.2, -0.15) is 5.10 Å². The molecule has 2 rings (SSSR count). The lowest BCUT2D eigenvalue weighted by Gasteiger charge is -2.36. The predicted molar refractivity (Wildman–Crippen MR) is 99.4 cm³/mol. The number of likely N-dealkylation sites (N-methyl/N-ethyl adjacent to an activating group) is 1. The number of nitrogens with one attached hydrogen (secondary N) is 1. The van der Waals surface area contributed by atoms with Crippen LogP contribution in [0.1, 0.15) is 35.1 Å². The van der Waals surface area contributed by atoms with Gasteiger partial charge in [0.1, 0.15) is 6.54 Å². The maximum atomic E-state index is 12.4. The third kappa shape index (κ3) is 5.14. The summed E-state index contributed by atoms with van der Waals surface area (Å²) in [5.74, 6) is -0.361. The average molecular weight is 379 g/mol. The van der Waals surface area contributed by atoms with Gasteiger partial charge >= 0.3 is 0 Å². The molecule has 27 heavy (non-hydrogen) atoms. The Hall–Kier alpha value is -2.26. The van der Waals surface area contributed by atoms with E-state index in [0.29, 0.717) is 36.5 Å². The third-order valence-electron chi connectivity index (χ3n) is 4.90. The molecule has 9 nitrogen and oxygen atoms in total. The second kappa shape index (κ2) is 8.62. The molecule has 150 valence electrons. The maximum Gasteiger partial charge on any atom is 0.242 e. The molecule has 0 spiro atoms. The van der Waals surface area contributed by atoms with E-state index in [9.17, 15) is 19.5 Å². The Labute approximate surface area is 159 Å². The number of amides is 2. The van der Waals surface area contributed by atoms with Gasteiger partial charge in [0.2, 0.25) is 11.8 Å². The van der Waals surface area contributed by atoms with Crippen molar-refractivity contribution in [3.05, 3.63) is 17.0 Å². The molecule has 9 heteroatoms.